The number of hydrogen-bond acceptors (Lipinski definition) is 4. The van der Waals surface area contributed by atoms with Crippen molar-refractivity contribution in [3.63, 3.8) is 0 Å². The second-order valence-electron chi connectivity index (χ2n) is 4.23. The van der Waals surface area contributed by atoms with E-state index in [0.29, 0.717) is 18.4 Å². The molecule has 15 heavy (non-hydrogen) atoms. The van der Waals surface area contributed by atoms with Crippen LogP contribution in [0, 0.1) is 5.92 Å². The lowest BCUT2D eigenvalue weighted by Crippen LogP contribution is -2.19. The highest BCUT2D eigenvalue weighted by atomic mass is 16.5. The van der Waals surface area contributed by atoms with Gasteiger partial charge in [0.1, 0.15) is 0 Å². The standard InChI is InChI=1S/C11H21N3O/c1-4-5-6-10-13-11(15-14-10)8-12-7-9(2)3/h9,12H,4-8H2,1-3H3. The van der Waals surface area contributed by atoms with Crippen LogP contribution < -0.4 is 5.32 Å². The van der Waals surface area contributed by atoms with Gasteiger partial charge >= 0.3 is 0 Å². The molecule has 1 aromatic rings. The first-order chi connectivity index (χ1) is 7.22. The minimum absolute atomic E-state index is 0.646. The maximum absolute atomic E-state index is 5.12. The predicted octanol–water partition coefficient (Wildman–Crippen LogP) is 2.16. The molecule has 0 unspecified atom stereocenters. The highest BCUT2D eigenvalue weighted by molar-refractivity contribution is 4.86. The lowest BCUT2D eigenvalue weighted by molar-refractivity contribution is 0.359. The van der Waals surface area contributed by atoms with Gasteiger partial charge in [-0.1, -0.05) is 32.3 Å². The van der Waals surface area contributed by atoms with Gasteiger partial charge in [0.15, 0.2) is 5.82 Å². The zero-order chi connectivity index (χ0) is 11.1. The molecule has 0 radical (unpaired) electrons. The van der Waals surface area contributed by atoms with Crippen LogP contribution in [0.2, 0.25) is 0 Å². The highest BCUT2D eigenvalue weighted by Crippen LogP contribution is 2.02. The van der Waals surface area contributed by atoms with Gasteiger partial charge in [-0.2, -0.15) is 4.98 Å². The van der Waals surface area contributed by atoms with Crippen molar-refractivity contribution in [2.75, 3.05) is 6.54 Å². The second kappa shape index (κ2) is 6.56. The Morgan fingerprint density at radius 3 is 2.87 bits per heavy atom. The summed E-state index contributed by atoms with van der Waals surface area (Å²) >= 11 is 0. The summed E-state index contributed by atoms with van der Waals surface area (Å²) in [6.45, 7) is 8.16. The Hall–Kier alpha value is -0.900. The summed E-state index contributed by atoms with van der Waals surface area (Å²) in [6, 6.07) is 0. The number of hydrogen-bond donors (Lipinski definition) is 1. The average molecular weight is 211 g/mol. The summed E-state index contributed by atoms with van der Waals surface area (Å²) in [7, 11) is 0. The fraction of sp³-hybridized carbons (Fsp3) is 0.818. The minimum Gasteiger partial charge on any atom is -0.338 e. The molecule has 1 N–H and O–H groups in total. The van der Waals surface area contributed by atoms with Crippen molar-refractivity contribution in [2.24, 2.45) is 5.92 Å². The van der Waals surface area contributed by atoms with Crippen LogP contribution in [0.4, 0.5) is 0 Å². The van der Waals surface area contributed by atoms with E-state index in [4.69, 9.17) is 4.52 Å². The lowest BCUT2D eigenvalue weighted by atomic mass is 10.2. The van der Waals surface area contributed by atoms with Crippen LogP contribution in [-0.4, -0.2) is 16.7 Å². The normalized spacial score (nSPS) is 11.2. The fourth-order valence-electron chi connectivity index (χ4n) is 1.27. The molecular weight excluding hydrogens is 190 g/mol. The van der Waals surface area contributed by atoms with Crippen LogP contribution in [0.3, 0.4) is 0 Å². The van der Waals surface area contributed by atoms with E-state index in [1.54, 1.807) is 0 Å². The molecule has 0 aliphatic heterocycles. The Kier molecular flexibility index (Phi) is 5.32. The summed E-state index contributed by atoms with van der Waals surface area (Å²) in [6.07, 6.45) is 3.21. The summed E-state index contributed by atoms with van der Waals surface area (Å²) in [5.74, 6) is 2.17. The molecule has 0 saturated heterocycles. The van der Waals surface area contributed by atoms with Crippen LogP contribution in [0.15, 0.2) is 4.52 Å². The molecule has 0 bridgehead atoms. The van der Waals surface area contributed by atoms with Gasteiger partial charge < -0.3 is 9.84 Å². The predicted molar refractivity (Wildman–Crippen MR) is 59.5 cm³/mol. The third-order valence-corrected chi connectivity index (χ3v) is 2.09. The van der Waals surface area contributed by atoms with Gasteiger partial charge in [0.05, 0.1) is 6.54 Å². The van der Waals surface area contributed by atoms with E-state index in [0.717, 1.165) is 31.6 Å². The van der Waals surface area contributed by atoms with E-state index in [2.05, 4.69) is 36.2 Å². The number of rotatable bonds is 7. The number of unbranched alkanes of at least 4 members (excludes halogenated alkanes) is 1. The Balaban J connectivity index is 2.26. The third kappa shape index (κ3) is 4.93. The summed E-state index contributed by atoms with van der Waals surface area (Å²) < 4.78 is 5.12. The first kappa shape index (κ1) is 12.2. The van der Waals surface area contributed by atoms with Gasteiger partial charge in [0, 0.05) is 6.42 Å². The van der Waals surface area contributed by atoms with E-state index in [1.165, 1.54) is 0 Å². The molecule has 0 fully saturated rings. The van der Waals surface area contributed by atoms with Crippen molar-refractivity contribution in [1.82, 2.24) is 15.5 Å². The zero-order valence-corrected chi connectivity index (χ0v) is 9.92. The number of aryl methyl sites for hydroxylation is 1. The number of nitrogens with one attached hydrogen (secondary N) is 1. The number of aromatic nitrogens is 2. The highest BCUT2D eigenvalue weighted by Gasteiger charge is 2.05. The van der Waals surface area contributed by atoms with E-state index >= 15 is 0 Å². The van der Waals surface area contributed by atoms with Gasteiger partial charge in [-0.25, -0.2) is 0 Å². The average Bonchev–Trinajstić information content (AvgIpc) is 2.62. The van der Waals surface area contributed by atoms with Gasteiger partial charge in [-0.05, 0) is 18.9 Å². The first-order valence-electron chi connectivity index (χ1n) is 5.74. The molecule has 0 atom stereocenters. The van der Waals surface area contributed by atoms with E-state index < -0.39 is 0 Å². The molecule has 0 aliphatic carbocycles. The van der Waals surface area contributed by atoms with Crippen molar-refractivity contribution in [3.8, 4) is 0 Å². The summed E-state index contributed by atoms with van der Waals surface area (Å²) in [5.41, 5.74) is 0. The van der Waals surface area contributed by atoms with Crippen LogP contribution >= 0.6 is 0 Å². The summed E-state index contributed by atoms with van der Waals surface area (Å²) in [5, 5.41) is 7.20. The Labute approximate surface area is 91.5 Å². The SMILES string of the molecule is CCCCc1noc(CNCC(C)C)n1. The minimum atomic E-state index is 0.646. The molecule has 0 amide bonds. The molecular formula is C11H21N3O. The van der Waals surface area contributed by atoms with Gasteiger partial charge in [-0.3, -0.25) is 0 Å². The Bertz CT molecular complexity index is 271. The zero-order valence-electron chi connectivity index (χ0n) is 9.92. The molecule has 4 heteroatoms. The van der Waals surface area contributed by atoms with Crippen LogP contribution in [0.1, 0.15) is 45.3 Å². The Morgan fingerprint density at radius 2 is 2.20 bits per heavy atom. The molecule has 1 aromatic heterocycles. The van der Waals surface area contributed by atoms with E-state index in [-0.39, 0.29) is 0 Å². The Morgan fingerprint density at radius 1 is 1.40 bits per heavy atom. The number of nitrogens with zero attached hydrogens (tertiary/aromatic N) is 2. The van der Waals surface area contributed by atoms with E-state index in [1.807, 2.05) is 0 Å². The van der Waals surface area contributed by atoms with Crippen molar-refractivity contribution >= 4 is 0 Å². The quantitative estimate of drug-likeness (QED) is 0.751. The topological polar surface area (TPSA) is 51.0 Å². The maximum atomic E-state index is 5.12. The van der Waals surface area contributed by atoms with Gasteiger partial charge in [0.2, 0.25) is 5.89 Å². The monoisotopic (exact) mass is 211 g/mol. The lowest BCUT2D eigenvalue weighted by Gasteiger charge is -2.03. The molecule has 86 valence electrons. The van der Waals surface area contributed by atoms with Crippen molar-refractivity contribution in [1.29, 1.82) is 0 Å². The second-order valence-corrected chi connectivity index (χ2v) is 4.23. The largest absolute Gasteiger partial charge is 0.338 e. The molecule has 0 aliphatic rings. The third-order valence-electron chi connectivity index (χ3n) is 2.09. The molecule has 0 spiro atoms. The molecule has 0 aromatic carbocycles. The van der Waals surface area contributed by atoms with Crippen molar-refractivity contribution in [3.05, 3.63) is 11.7 Å². The van der Waals surface area contributed by atoms with Crippen molar-refractivity contribution in [2.45, 2.75) is 46.6 Å². The van der Waals surface area contributed by atoms with Crippen LogP contribution in [-0.2, 0) is 13.0 Å². The van der Waals surface area contributed by atoms with E-state index in [9.17, 15) is 0 Å². The molecule has 1 heterocycles. The first-order valence-corrected chi connectivity index (χ1v) is 5.74. The van der Waals surface area contributed by atoms with Gasteiger partial charge in [-0.15, -0.1) is 0 Å². The van der Waals surface area contributed by atoms with Crippen LogP contribution in [0.5, 0.6) is 0 Å². The molecule has 4 nitrogen and oxygen atoms in total. The van der Waals surface area contributed by atoms with Crippen LogP contribution in [0.25, 0.3) is 0 Å². The van der Waals surface area contributed by atoms with Gasteiger partial charge in [0.25, 0.3) is 0 Å². The maximum Gasteiger partial charge on any atom is 0.240 e. The van der Waals surface area contributed by atoms with Crippen molar-refractivity contribution < 1.29 is 4.52 Å². The smallest absolute Gasteiger partial charge is 0.240 e. The molecule has 1 rings (SSSR count). The fourth-order valence-corrected chi connectivity index (χ4v) is 1.27. The summed E-state index contributed by atoms with van der Waals surface area (Å²) in [4.78, 5) is 4.30. The molecule has 0 saturated carbocycles.